The molecule has 0 unspecified atom stereocenters. The van der Waals surface area contributed by atoms with Crippen LogP contribution >= 0.6 is 0 Å². The number of hydrogen-bond acceptors (Lipinski definition) is 6. The number of carbonyl (C=O) groups excluding carboxylic acids is 2. The maximum atomic E-state index is 13.0. The molecule has 30 heavy (non-hydrogen) atoms. The molecule has 0 spiro atoms. The lowest BCUT2D eigenvalue weighted by molar-refractivity contribution is -0.143. The van der Waals surface area contributed by atoms with Crippen LogP contribution < -0.4 is 5.76 Å². The Hall–Kier alpha value is -3.49. The molecule has 2 aromatic heterocycles. The van der Waals surface area contributed by atoms with Crippen LogP contribution in [0.15, 0.2) is 39.5 Å². The third kappa shape index (κ3) is 4.56. The second kappa shape index (κ2) is 8.89. The summed E-state index contributed by atoms with van der Waals surface area (Å²) in [5, 5.41) is 3.91. The van der Waals surface area contributed by atoms with E-state index in [4.69, 9.17) is 9.15 Å². The molecular formula is C21H22FN3O5. The van der Waals surface area contributed by atoms with Crippen LogP contribution in [-0.4, -0.2) is 32.7 Å². The third-order valence-electron chi connectivity index (χ3n) is 4.66. The number of aryl methyl sites for hydroxylation is 1. The number of aromatic nitrogens is 3. The first-order valence-corrected chi connectivity index (χ1v) is 9.49. The summed E-state index contributed by atoms with van der Waals surface area (Å²) in [4.78, 5) is 36.4. The van der Waals surface area contributed by atoms with Gasteiger partial charge in [-0.25, -0.2) is 9.18 Å². The van der Waals surface area contributed by atoms with Crippen molar-refractivity contribution in [2.24, 2.45) is 0 Å². The lowest BCUT2D eigenvalue weighted by Gasteiger charge is -2.08. The maximum Gasteiger partial charge on any atom is 0.437 e. The van der Waals surface area contributed by atoms with Crippen molar-refractivity contribution in [2.45, 2.75) is 40.3 Å². The topological polar surface area (TPSA) is 96.3 Å². The van der Waals surface area contributed by atoms with Gasteiger partial charge in [-0.3, -0.25) is 9.59 Å². The molecule has 0 bridgehead atoms. The molecule has 9 heteroatoms. The first-order chi connectivity index (χ1) is 14.3. The fourth-order valence-corrected chi connectivity index (χ4v) is 3.16. The number of Topliss-reactive ketones (excluding diaryl/α,β-unsaturated/α-hetero) is 1. The fourth-order valence-electron chi connectivity index (χ4n) is 3.16. The first kappa shape index (κ1) is 21.2. The van der Waals surface area contributed by atoms with Crippen LogP contribution in [-0.2, 0) is 22.6 Å². The van der Waals surface area contributed by atoms with Gasteiger partial charge < -0.3 is 13.7 Å². The quantitative estimate of drug-likeness (QED) is 0.415. The molecule has 3 rings (SSSR count). The van der Waals surface area contributed by atoms with Gasteiger partial charge >= 0.3 is 11.7 Å². The van der Waals surface area contributed by atoms with Crippen molar-refractivity contribution >= 4 is 11.8 Å². The largest absolute Gasteiger partial charge is 0.456 e. The maximum absolute atomic E-state index is 13.0. The van der Waals surface area contributed by atoms with E-state index in [0.717, 1.165) is 29.0 Å². The van der Waals surface area contributed by atoms with E-state index >= 15 is 0 Å². The minimum absolute atomic E-state index is 0.0489. The molecule has 0 fully saturated rings. The Kier molecular flexibility index (Phi) is 6.29. The monoisotopic (exact) mass is 415 g/mol. The van der Waals surface area contributed by atoms with Crippen LogP contribution in [0.2, 0.25) is 0 Å². The van der Waals surface area contributed by atoms with Crippen molar-refractivity contribution in [3.8, 4) is 11.5 Å². The van der Waals surface area contributed by atoms with Gasteiger partial charge in [0, 0.05) is 29.1 Å². The Morgan fingerprint density at radius 1 is 1.20 bits per heavy atom. The molecule has 8 nitrogen and oxygen atoms in total. The molecule has 0 saturated carbocycles. The number of ketones is 1. The Morgan fingerprint density at radius 3 is 2.57 bits per heavy atom. The lowest BCUT2D eigenvalue weighted by Crippen LogP contribution is -2.24. The second-order valence-corrected chi connectivity index (χ2v) is 6.86. The second-order valence-electron chi connectivity index (χ2n) is 6.86. The Bertz CT molecular complexity index is 1120. The highest BCUT2D eigenvalue weighted by Crippen LogP contribution is 2.17. The Balaban J connectivity index is 1.63. The van der Waals surface area contributed by atoms with E-state index in [9.17, 15) is 18.8 Å². The van der Waals surface area contributed by atoms with Gasteiger partial charge in [0.2, 0.25) is 11.7 Å². The van der Waals surface area contributed by atoms with Gasteiger partial charge in [-0.15, -0.1) is 5.10 Å². The molecule has 0 aliphatic heterocycles. The number of hydrogen-bond donors (Lipinski definition) is 0. The summed E-state index contributed by atoms with van der Waals surface area (Å²) < 4.78 is 25.9. The molecule has 0 amide bonds. The molecule has 0 N–H and O–H groups in total. The van der Waals surface area contributed by atoms with Crippen LogP contribution in [0.4, 0.5) is 4.39 Å². The minimum atomic E-state index is -0.860. The minimum Gasteiger partial charge on any atom is -0.456 e. The van der Waals surface area contributed by atoms with E-state index in [0.29, 0.717) is 11.1 Å². The number of rotatable bonds is 8. The summed E-state index contributed by atoms with van der Waals surface area (Å²) in [6.45, 7) is 5.68. The van der Waals surface area contributed by atoms with E-state index in [1.165, 1.54) is 24.3 Å². The molecule has 0 atom stereocenters. The van der Waals surface area contributed by atoms with Gasteiger partial charge in [-0.1, -0.05) is 6.92 Å². The highest BCUT2D eigenvalue weighted by Gasteiger charge is 2.19. The van der Waals surface area contributed by atoms with Gasteiger partial charge in [0.05, 0.1) is 0 Å². The normalized spacial score (nSPS) is 10.9. The lowest BCUT2D eigenvalue weighted by atomic mass is 10.1. The summed E-state index contributed by atoms with van der Waals surface area (Å²) in [7, 11) is 0. The number of esters is 1. The predicted molar refractivity (Wildman–Crippen MR) is 106 cm³/mol. The predicted octanol–water partition coefficient (Wildman–Crippen LogP) is 2.90. The highest BCUT2D eigenvalue weighted by molar-refractivity contribution is 5.99. The molecule has 0 radical (unpaired) electrons. The van der Waals surface area contributed by atoms with Crippen molar-refractivity contribution in [1.82, 2.24) is 14.3 Å². The molecule has 158 valence electrons. The summed E-state index contributed by atoms with van der Waals surface area (Å²) in [5.74, 6) is -2.47. The average molecular weight is 415 g/mol. The first-order valence-electron chi connectivity index (χ1n) is 9.49. The number of halogens is 1. The van der Waals surface area contributed by atoms with Gasteiger partial charge in [0.15, 0.2) is 6.61 Å². The van der Waals surface area contributed by atoms with E-state index in [1.807, 2.05) is 18.4 Å². The van der Waals surface area contributed by atoms with E-state index in [-0.39, 0.29) is 11.7 Å². The van der Waals surface area contributed by atoms with Crippen molar-refractivity contribution < 1.29 is 23.1 Å². The van der Waals surface area contributed by atoms with Gasteiger partial charge in [-0.2, -0.15) is 4.68 Å². The molecule has 3 aromatic rings. The smallest absolute Gasteiger partial charge is 0.437 e. The van der Waals surface area contributed by atoms with Crippen LogP contribution in [0.25, 0.3) is 11.5 Å². The molecule has 0 saturated heterocycles. The van der Waals surface area contributed by atoms with Crippen molar-refractivity contribution in [3.63, 3.8) is 0 Å². The van der Waals surface area contributed by atoms with Crippen molar-refractivity contribution in [2.75, 3.05) is 6.61 Å². The van der Waals surface area contributed by atoms with E-state index in [2.05, 4.69) is 12.0 Å². The van der Waals surface area contributed by atoms with Gasteiger partial charge in [-0.05, 0) is 50.6 Å². The summed E-state index contributed by atoms with van der Waals surface area (Å²) in [5.41, 5.74) is 2.68. The fraction of sp³-hybridized carbons (Fsp3) is 0.333. The zero-order valence-corrected chi connectivity index (χ0v) is 17.0. The average Bonchev–Trinajstić information content (AvgIpc) is 3.21. The van der Waals surface area contributed by atoms with Crippen LogP contribution in [0, 0.1) is 19.7 Å². The van der Waals surface area contributed by atoms with Crippen molar-refractivity contribution in [3.05, 3.63) is 63.7 Å². The summed E-state index contributed by atoms with van der Waals surface area (Å²) in [6, 6.07) is 6.98. The SMILES string of the molecule is CCCn1c(C)cc(C(=O)COC(=O)Cn2nc(-c3ccc(F)cc3)oc2=O)c1C. The zero-order chi connectivity index (χ0) is 21.8. The number of carbonyl (C=O) groups is 2. The molecule has 2 heterocycles. The summed E-state index contributed by atoms with van der Waals surface area (Å²) in [6.07, 6.45) is 0.936. The van der Waals surface area contributed by atoms with E-state index < -0.39 is 30.7 Å². The Labute approximate surface area is 171 Å². The Morgan fingerprint density at radius 2 is 1.90 bits per heavy atom. The molecule has 1 aromatic carbocycles. The number of nitrogens with zero attached hydrogens (tertiary/aromatic N) is 3. The van der Waals surface area contributed by atoms with Crippen LogP contribution in [0.5, 0.6) is 0 Å². The van der Waals surface area contributed by atoms with Crippen LogP contribution in [0.3, 0.4) is 0 Å². The molecule has 0 aliphatic rings. The molecule has 0 aliphatic carbocycles. The zero-order valence-electron chi connectivity index (χ0n) is 17.0. The number of benzene rings is 1. The highest BCUT2D eigenvalue weighted by atomic mass is 19.1. The third-order valence-corrected chi connectivity index (χ3v) is 4.66. The van der Waals surface area contributed by atoms with Crippen molar-refractivity contribution in [1.29, 1.82) is 0 Å². The summed E-state index contributed by atoms with van der Waals surface area (Å²) >= 11 is 0. The number of ether oxygens (including phenoxy) is 1. The molecular weight excluding hydrogens is 393 g/mol. The van der Waals surface area contributed by atoms with Gasteiger partial charge in [0.1, 0.15) is 12.4 Å². The van der Waals surface area contributed by atoms with Crippen LogP contribution in [0.1, 0.15) is 35.1 Å². The standard InChI is InChI=1S/C21H22FN3O5/c1-4-9-24-13(2)10-17(14(24)3)18(26)12-29-19(27)11-25-21(28)30-20(23-25)15-5-7-16(22)8-6-15/h5-8,10H,4,9,11-12H2,1-3H3. The van der Waals surface area contributed by atoms with Gasteiger partial charge in [0.25, 0.3) is 0 Å². The van der Waals surface area contributed by atoms with E-state index in [1.54, 1.807) is 6.07 Å².